The lowest BCUT2D eigenvalue weighted by Crippen LogP contribution is -2.46. The number of ether oxygens (including phenoxy) is 1. The third-order valence-corrected chi connectivity index (χ3v) is 3.77. The Kier molecular flexibility index (Phi) is 4.00. The van der Waals surface area contributed by atoms with Gasteiger partial charge in [0.05, 0.1) is 6.10 Å². The van der Waals surface area contributed by atoms with E-state index in [1.54, 1.807) is 0 Å². The standard InChI is InChI=1S/C12H24N2O/c1-2-15-12-6-11(7-12)14-8-9-3-4-10(13)5-9/h9-12,14H,2-8,13H2,1H3. The average Bonchev–Trinajstić information content (AvgIpc) is 2.55. The first-order valence-electron chi connectivity index (χ1n) is 6.38. The van der Waals surface area contributed by atoms with E-state index in [2.05, 4.69) is 12.2 Å². The Labute approximate surface area is 92.7 Å². The molecule has 2 rings (SSSR count). The summed E-state index contributed by atoms with van der Waals surface area (Å²) < 4.78 is 5.54. The van der Waals surface area contributed by atoms with Gasteiger partial charge in [-0.1, -0.05) is 0 Å². The summed E-state index contributed by atoms with van der Waals surface area (Å²) in [5.74, 6) is 0.825. The second-order valence-corrected chi connectivity index (χ2v) is 5.09. The van der Waals surface area contributed by atoms with Crippen LogP contribution in [0.5, 0.6) is 0 Å². The number of rotatable bonds is 5. The lowest BCUT2D eigenvalue weighted by atomic mass is 9.88. The van der Waals surface area contributed by atoms with Crippen LogP contribution in [0, 0.1) is 5.92 Å². The van der Waals surface area contributed by atoms with E-state index in [9.17, 15) is 0 Å². The van der Waals surface area contributed by atoms with Crippen molar-refractivity contribution in [3.63, 3.8) is 0 Å². The van der Waals surface area contributed by atoms with Crippen molar-refractivity contribution < 1.29 is 4.74 Å². The Hall–Kier alpha value is -0.120. The zero-order valence-corrected chi connectivity index (χ0v) is 9.74. The van der Waals surface area contributed by atoms with E-state index in [1.807, 2.05) is 0 Å². The second kappa shape index (κ2) is 5.28. The zero-order chi connectivity index (χ0) is 10.7. The van der Waals surface area contributed by atoms with Crippen LogP contribution in [0.1, 0.15) is 39.0 Å². The molecule has 2 saturated carbocycles. The fourth-order valence-corrected chi connectivity index (χ4v) is 2.74. The van der Waals surface area contributed by atoms with Crippen LogP contribution in [0.15, 0.2) is 0 Å². The van der Waals surface area contributed by atoms with Crippen LogP contribution in [0.2, 0.25) is 0 Å². The summed E-state index contributed by atoms with van der Waals surface area (Å²) in [6.45, 7) is 4.09. The summed E-state index contributed by atoms with van der Waals surface area (Å²) in [6.07, 6.45) is 6.68. The quantitative estimate of drug-likeness (QED) is 0.721. The molecule has 15 heavy (non-hydrogen) atoms. The molecular weight excluding hydrogens is 188 g/mol. The molecular formula is C12H24N2O. The summed E-state index contributed by atoms with van der Waals surface area (Å²) in [4.78, 5) is 0. The van der Waals surface area contributed by atoms with Gasteiger partial charge in [0.25, 0.3) is 0 Å². The van der Waals surface area contributed by atoms with Gasteiger partial charge in [0.15, 0.2) is 0 Å². The van der Waals surface area contributed by atoms with Gasteiger partial charge in [-0.15, -0.1) is 0 Å². The van der Waals surface area contributed by atoms with Crippen molar-refractivity contribution in [3.8, 4) is 0 Å². The predicted octanol–water partition coefficient (Wildman–Crippen LogP) is 1.27. The topological polar surface area (TPSA) is 47.3 Å². The number of nitrogens with one attached hydrogen (secondary N) is 1. The molecule has 0 aliphatic heterocycles. The minimum absolute atomic E-state index is 0.467. The second-order valence-electron chi connectivity index (χ2n) is 5.09. The molecule has 3 nitrogen and oxygen atoms in total. The van der Waals surface area contributed by atoms with Crippen molar-refractivity contribution in [2.45, 2.75) is 57.2 Å². The highest BCUT2D eigenvalue weighted by atomic mass is 16.5. The molecule has 3 heteroatoms. The van der Waals surface area contributed by atoms with Gasteiger partial charge >= 0.3 is 0 Å². The third-order valence-electron chi connectivity index (χ3n) is 3.77. The summed E-state index contributed by atoms with van der Waals surface area (Å²) in [7, 11) is 0. The number of hydrogen-bond acceptors (Lipinski definition) is 3. The van der Waals surface area contributed by atoms with E-state index < -0.39 is 0 Å². The first kappa shape index (κ1) is 11.4. The first-order chi connectivity index (χ1) is 7.28. The summed E-state index contributed by atoms with van der Waals surface area (Å²) in [5, 5.41) is 3.63. The van der Waals surface area contributed by atoms with Gasteiger partial charge in [-0.25, -0.2) is 0 Å². The van der Waals surface area contributed by atoms with Gasteiger partial charge in [0.2, 0.25) is 0 Å². The highest BCUT2D eigenvalue weighted by molar-refractivity contribution is 4.88. The molecule has 3 N–H and O–H groups in total. The lowest BCUT2D eigenvalue weighted by Gasteiger charge is -2.36. The molecule has 0 aromatic rings. The Morgan fingerprint density at radius 1 is 1.27 bits per heavy atom. The molecule has 0 bridgehead atoms. The van der Waals surface area contributed by atoms with Crippen molar-refractivity contribution in [2.75, 3.05) is 13.2 Å². The molecule has 0 amide bonds. The smallest absolute Gasteiger partial charge is 0.0604 e. The van der Waals surface area contributed by atoms with Crippen LogP contribution in [0.3, 0.4) is 0 Å². The molecule has 0 saturated heterocycles. The van der Waals surface area contributed by atoms with Crippen LogP contribution in [0.25, 0.3) is 0 Å². The molecule has 0 radical (unpaired) electrons. The maximum atomic E-state index is 5.89. The van der Waals surface area contributed by atoms with Gasteiger partial charge in [0.1, 0.15) is 0 Å². The van der Waals surface area contributed by atoms with Crippen LogP contribution in [-0.4, -0.2) is 31.3 Å². The fraction of sp³-hybridized carbons (Fsp3) is 1.00. The van der Waals surface area contributed by atoms with Gasteiger partial charge < -0.3 is 15.8 Å². The molecule has 0 aromatic heterocycles. The normalized spacial score (nSPS) is 40.4. The van der Waals surface area contributed by atoms with Crippen molar-refractivity contribution in [1.29, 1.82) is 0 Å². The fourth-order valence-electron chi connectivity index (χ4n) is 2.74. The highest BCUT2D eigenvalue weighted by Crippen LogP contribution is 2.26. The molecule has 2 aliphatic rings. The van der Waals surface area contributed by atoms with Crippen LogP contribution in [-0.2, 0) is 4.74 Å². The lowest BCUT2D eigenvalue weighted by molar-refractivity contribution is -0.0105. The third kappa shape index (κ3) is 3.16. The largest absolute Gasteiger partial charge is 0.378 e. The van der Waals surface area contributed by atoms with Gasteiger partial charge in [-0.2, -0.15) is 0 Å². The molecule has 88 valence electrons. The van der Waals surface area contributed by atoms with E-state index in [0.29, 0.717) is 18.2 Å². The Morgan fingerprint density at radius 2 is 2.07 bits per heavy atom. The van der Waals surface area contributed by atoms with Gasteiger partial charge in [-0.05, 0) is 51.5 Å². The molecule has 0 aromatic carbocycles. The van der Waals surface area contributed by atoms with Crippen molar-refractivity contribution in [3.05, 3.63) is 0 Å². The molecule has 2 fully saturated rings. The Morgan fingerprint density at radius 3 is 2.67 bits per heavy atom. The Bertz CT molecular complexity index is 192. The maximum Gasteiger partial charge on any atom is 0.0604 e. The number of nitrogens with two attached hydrogens (primary N) is 1. The van der Waals surface area contributed by atoms with Crippen LogP contribution < -0.4 is 11.1 Å². The minimum Gasteiger partial charge on any atom is -0.378 e. The SMILES string of the molecule is CCOC1CC(NCC2CCC(N)C2)C1. The van der Waals surface area contributed by atoms with Crippen LogP contribution >= 0.6 is 0 Å². The van der Waals surface area contributed by atoms with E-state index in [4.69, 9.17) is 10.5 Å². The number of hydrogen-bond donors (Lipinski definition) is 2. The van der Waals surface area contributed by atoms with Crippen molar-refractivity contribution in [1.82, 2.24) is 5.32 Å². The summed E-state index contributed by atoms with van der Waals surface area (Å²) in [6, 6.07) is 1.17. The maximum absolute atomic E-state index is 5.89. The van der Waals surface area contributed by atoms with Gasteiger partial charge in [-0.3, -0.25) is 0 Å². The molecule has 0 heterocycles. The molecule has 0 spiro atoms. The predicted molar refractivity (Wildman–Crippen MR) is 61.8 cm³/mol. The van der Waals surface area contributed by atoms with Crippen LogP contribution in [0.4, 0.5) is 0 Å². The summed E-state index contributed by atoms with van der Waals surface area (Å²) >= 11 is 0. The Balaban J connectivity index is 1.53. The van der Waals surface area contributed by atoms with E-state index in [0.717, 1.165) is 19.1 Å². The molecule has 2 unspecified atom stereocenters. The van der Waals surface area contributed by atoms with E-state index >= 15 is 0 Å². The minimum atomic E-state index is 0.467. The average molecular weight is 212 g/mol. The highest BCUT2D eigenvalue weighted by Gasteiger charge is 2.30. The van der Waals surface area contributed by atoms with E-state index in [1.165, 1.54) is 32.1 Å². The first-order valence-corrected chi connectivity index (χ1v) is 6.38. The van der Waals surface area contributed by atoms with Crippen molar-refractivity contribution in [2.24, 2.45) is 11.7 Å². The van der Waals surface area contributed by atoms with Crippen molar-refractivity contribution >= 4 is 0 Å². The van der Waals surface area contributed by atoms with Gasteiger partial charge in [0, 0.05) is 18.7 Å². The monoisotopic (exact) mass is 212 g/mol. The summed E-state index contributed by atoms with van der Waals surface area (Å²) in [5.41, 5.74) is 5.89. The molecule has 2 aliphatic carbocycles. The zero-order valence-electron chi connectivity index (χ0n) is 9.74. The van der Waals surface area contributed by atoms with E-state index in [-0.39, 0.29) is 0 Å². The molecule has 2 atom stereocenters.